The molecule has 4 rings (SSSR count). The third-order valence-electron chi connectivity index (χ3n) is 5.72. The maximum atomic E-state index is 12.8. The molecule has 0 amide bonds. The molecule has 5 nitrogen and oxygen atoms in total. The van der Waals surface area contributed by atoms with Crippen LogP contribution in [0, 0.1) is 5.92 Å². The number of benzene rings is 3. The number of nitrogens with two attached hydrogens (primary N) is 1. The van der Waals surface area contributed by atoms with Gasteiger partial charge >= 0.3 is 11.9 Å². The van der Waals surface area contributed by atoms with Gasteiger partial charge in [-0.2, -0.15) is 0 Å². The van der Waals surface area contributed by atoms with Crippen LogP contribution in [0.5, 0.6) is 0 Å². The van der Waals surface area contributed by atoms with Crippen LogP contribution >= 0.6 is 11.6 Å². The number of halogens is 1. The largest absolute Gasteiger partial charge is 0.481 e. The standard InChI is InChI=1S/C25H22ClNO4/c26-21-12-6-1-7-15(21)13-22(27)23(24(28)29)25(30)31-14-20-18-10-4-2-8-16(18)17-9-3-5-11-19(17)20/h1-12,20,22-23H,13-14,27H2,(H,28,29)/t22-,23+/m0/s1. The average molecular weight is 436 g/mol. The van der Waals surface area contributed by atoms with Crippen LogP contribution in [0.25, 0.3) is 11.1 Å². The summed E-state index contributed by atoms with van der Waals surface area (Å²) in [5, 5.41) is 10.1. The minimum Gasteiger partial charge on any atom is -0.481 e. The molecule has 0 saturated carbocycles. The number of carbonyl (C=O) groups excluding carboxylic acids is 1. The summed E-state index contributed by atoms with van der Waals surface area (Å²) in [6.07, 6.45) is 0.154. The molecule has 0 unspecified atom stereocenters. The van der Waals surface area contributed by atoms with Crippen molar-refractivity contribution in [1.29, 1.82) is 0 Å². The van der Waals surface area contributed by atoms with Crippen molar-refractivity contribution in [3.05, 3.63) is 94.5 Å². The zero-order chi connectivity index (χ0) is 22.0. The number of aliphatic carboxylic acids is 1. The van der Waals surface area contributed by atoms with Crippen molar-refractivity contribution >= 4 is 23.5 Å². The Hall–Kier alpha value is -3.15. The van der Waals surface area contributed by atoms with Gasteiger partial charge in [0.1, 0.15) is 6.61 Å². The van der Waals surface area contributed by atoms with E-state index in [-0.39, 0.29) is 18.9 Å². The third kappa shape index (κ3) is 4.20. The fourth-order valence-corrected chi connectivity index (χ4v) is 4.40. The highest BCUT2D eigenvalue weighted by molar-refractivity contribution is 6.31. The lowest BCUT2D eigenvalue weighted by atomic mass is 9.94. The van der Waals surface area contributed by atoms with Crippen LogP contribution in [0.3, 0.4) is 0 Å². The average Bonchev–Trinajstić information content (AvgIpc) is 3.07. The molecule has 3 aromatic carbocycles. The van der Waals surface area contributed by atoms with Gasteiger partial charge < -0.3 is 15.6 Å². The first-order chi connectivity index (χ1) is 15.0. The maximum absolute atomic E-state index is 12.8. The Balaban J connectivity index is 1.50. The summed E-state index contributed by atoms with van der Waals surface area (Å²) in [5.41, 5.74) is 11.1. The van der Waals surface area contributed by atoms with Gasteiger partial charge in [-0.25, -0.2) is 0 Å². The molecular weight excluding hydrogens is 414 g/mol. The normalized spacial score (nSPS) is 14.4. The Morgan fingerprint density at radius 1 is 0.935 bits per heavy atom. The van der Waals surface area contributed by atoms with Gasteiger partial charge in [0, 0.05) is 17.0 Å². The highest BCUT2D eigenvalue weighted by Gasteiger charge is 2.36. The van der Waals surface area contributed by atoms with E-state index in [4.69, 9.17) is 22.1 Å². The second kappa shape index (κ2) is 8.92. The molecule has 3 N–H and O–H groups in total. The summed E-state index contributed by atoms with van der Waals surface area (Å²) in [5.74, 6) is -3.78. The minimum absolute atomic E-state index is 0.0510. The van der Waals surface area contributed by atoms with E-state index in [0.29, 0.717) is 10.6 Å². The van der Waals surface area contributed by atoms with E-state index in [9.17, 15) is 14.7 Å². The maximum Gasteiger partial charge on any atom is 0.321 e. The Bertz CT molecular complexity index is 1080. The highest BCUT2D eigenvalue weighted by Crippen LogP contribution is 2.44. The fraction of sp³-hybridized carbons (Fsp3) is 0.200. The van der Waals surface area contributed by atoms with Crippen molar-refractivity contribution < 1.29 is 19.4 Å². The number of ether oxygens (including phenoxy) is 1. The van der Waals surface area contributed by atoms with Crippen LogP contribution in [0.1, 0.15) is 22.6 Å². The highest BCUT2D eigenvalue weighted by atomic mass is 35.5. The lowest BCUT2D eigenvalue weighted by Crippen LogP contribution is -2.43. The second-order valence-electron chi connectivity index (χ2n) is 7.63. The summed E-state index contributed by atoms with van der Waals surface area (Å²) in [7, 11) is 0. The predicted molar refractivity (Wildman–Crippen MR) is 119 cm³/mol. The van der Waals surface area contributed by atoms with Gasteiger partial charge in [-0.15, -0.1) is 0 Å². The van der Waals surface area contributed by atoms with E-state index in [0.717, 1.165) is 22.3 Å². The van der Waals surface area contributed by atoms with Gasteiger partial charge in [0.15, 0.2) is 5.92 Å². The molecule has 0 fully saturated rings. The van der Waals surface area contributed by atoms with E-state index >= 15 is 0 Å². The van der Waals surface area contributed by atoms with Crippen LogP contribution in [-0.4, -0.2) is 29.7 Å². The predicted octanol–water partition coefficient (Wildman–Crippen LogP) is 4.27. The van der Waals surface area contributed by atoms with Crippen molar-refractivity contribution in [2.45, 2.75) is 18.4 Å². The number of carbonyl (C=O) groups is 2. The number of carboxylic acid groups (broad SMARTS) is 1. The van der Waals surface area contributed by atoms with Gasteiger partial charge in [-0.1, -0.05) is 78.3 Å². The molecule has 0 aliphatic heterocycles. The molecular formula is C25H22ClNO4. The molecule has 0 heterocycles. The molecule has 0 spiro atoms. The Labute approximate surface area is 185 Å². The zero-order valence-corrected chi connectivity index (χ0v) is 17.5. The van der Waals surface area contributed by atoms with Crippen molar-refractivity contribution in [2.24, 2.45) is 11.7 Å². The molecule has 6 heteroatoms. The van der Waals surface area contributed by atoms with Crippen molar-refractivity contribution in [3.63, 3.8) is 0 Å². The van der Waals surface area contributed by atoms with E-state index in [1.54, 1.807) is 24.3 Å². The SMILES string of the molecule is N[C@@H](Cc1ccccc1Cl)[C@H](C(=O)O)C(=O)OCC1c2ccccc2-c2ccccc21. The topological polar surface area (TPSA) is 89.6 Å². The van der Waals surface area contributed by atoms with Crippen LogP contribution in [0.4, 0.5) is 0 Å². The molecule has 3 aromatic rings. The molecule has 0 aromatic heterocycles. The third-order valence-corrected chi connectivity index (χ3v) is 6.09. The van der Waals surface area contributed by atoms with Crippen molar-refractivity contribution in [3.8, 4) is 11.1 Å². The molecule has 0 saturated heterocycles. The van der Waals surface area contributed by atoms with Crippen LogP contribution in [0.2, 0.25) is 5.02 Å². The Morgan fingerprint density at radius 3 is 2.06 bits per heavy atom. The number of esters is 1. The van der Waals surface area contributed by atoms with E-state index in [2.05, 4.69) is 0 Å². The first-order valence-electron chi connectivity index (χ1n) is 10.0. The summed E-state index contributed by atoms with van der Waals surface area (Å²) in [6.45, 7) is 0.0510. The number of fused-ring (bicyclic) bond motifs is 3. The number of carboxylic acids is 1. The summed E-state index contributed by atoms with van der Waals surface area (Å²) in [6, 6.07) is 22.0. The fourth-order valence-electron chi connectivity index (χ4n) is 4.19. The molecule has 158 valence electrons. The first kappa shape index (κ1) is 21.1. The molecule has 1 aliphatic carbocycles. The lowest BCUT2D eigenvalue weighted by Gasteiger charge is -2.21. The Morgan fingerprint density at radius 2 is 1.48 bits per heavy atom. The zero-order valence-electron chi connectivity index (χ0n) is 16.7. The molecule has 1 aliphatic rings. The van der Waals surface area contributed by atoms with Crippen molar-refractivity contribution in [2.75, 3.05) is 6.61 Å². The first-order valence-corrected chi connectivity index (χ1v) is 10.4. The number of hydrogen-bond donors (Lipinski definition) is 2. The monoisotopic (exact) mass is 435 g/mol. The summed E-state index contributed by atoms with van der Waals surface area (Å²) < 4.78 is 5.52. The Kier molecular flexibility index (Phi) is 6.07. The summed E-state index contributed by atoms with van der Waals surface area (Å²) in [4.78, 5) is 24.6. The van der Waals surface area contributed by atoms with Gasteiger partial charge in [-0.05, 0) is 40.3 Å². The van der Waals surface area contributed by atoms with E-state index < -0.39 is 23.9 Å². The molecule has 0 radical (unpaired) electrons. The van der Waals surface area contributed by atoms with Gasteiger partial charge in [0.25, 0.3) is 0 Å². The van der Waals surface area contributed by atoms with Crippen molar-refractivity contribution in [1.82, 2.24) is 0 Å². The van der Waals surface area contributed by atoms with Gasteiger partial charge in [0.2, 0.25) is 0 Å². The lowest BCUT2D eigenvalue weighted by molar-refractivity contribution is -0.159. The second-order valence-corrected chi connectivity index (χ2v) is 8.04. The molecule has 0 bridgehead atoms. The van der Waals surface area contributed by atoms with E-state index in [1.807, 2.05) is 48.5 Å². The number of hydrogen-bond acceptors (Lipinski definition) is 4. The molecule has 31 heavy (non-hydrogen) atoms. The van der Waals surface area contributed by atoms with Crippen LogP contribution in [0.15, 0.2) is 72.8 Å². The number of rotatable bonds is 7. The van der Waals surface area contributed by atoms with E-state index in [1.165, 1.54) is 0 Å². The van der Waals surface area contributed by atoms with Crippen LogP contribution < -0.4 is 5.73 Å². The molecule has 2 atom stereocenters. The van der Waals surface area contributed by atoms with Gasteiger partial charge in [-0.3, -0.25) is 9.59 Å². The van der Waals surface area contributed by atoms with Crippen LogP contribution in [-0.2, 0) is 20.7 Å². The van der Waals surface area contributed by atoms with Gasteiger partial charge in [0.05, 0.1) is 0 Å². The summed E-state index contributed by atoms with van der Waals surface area (Å²) >= 11 is 6.16. The quantitative estimate of drug-likeness (QED) is 0.427. The minimum atomic E-state index is -1.48. The smallest absolute Gasteiger partial charge is 0.321 e.